The summed E-state index contributed by atoms with van der Waals surface area (Å²) < 4.78 is 1.34. The second-order valence-corrected chi connectivity index (χ2v) is 6.22. The first-order chi connectivity index (χ1) is 11.5. The summed E-state index contributed by atoms with van der Waals surface area (Å²) in [6.07, 6.45) is 0. The van der Waals surface area contributed by atoms with Crippen LogP contribution in [0.1, 0.15) is 29.9 Å². The minimum atomic E-state index is -0.326. The number of aliphatic hydroxyl groups is 1. The van der Waals surface area contributed by atoms with Gasteiger partial charge in [0.15, 0.2) is 0 Å². The van der Waals surface area contributed by atoms with Crippen molar-refractivity contribution >= 4 is 5.91 Å². The fourth-order valence-corrected chi connectivity index (χ4v) is 2.71. The second kappa shape index (κ2) is 7.93. The van der Waals surface area contributed by atoms with Gasteiger partial charge in [-0.25, -0.2) is 0 Å². The molecule has 1 aromatic carbocycles. The number of amides is 1. The van der Waals surface area contributed by atoms with Gasteiger partial charge in [-0.05, 0) is 17.5 Å². The molecular weight excluding hydrogens is 304 g/mol. The van der Waals surface area contributed by atoms with Crippen LogP contribution in [-0.4, -0.2) is 33.1 Å². The Kier molecular flexibility index (Phi) is 5.93. The van der Waals surface area contributed by atoms with Gasteiger partial charge in [-0.1, -0.05) is 50.2 Å². The van der Waals surface area contributed by atoms with E-state index < -0.39 is 0 Å². The highest BCUT2D eigenvalue weighted by Crippen LogP contribution is 2.18. The first-order valence-corrected chi connectivity index (χ1v) is 8.07. The van der Waals surface area contributed by atoms with Gasteiger partial charge in [0.1, 0.15) is 5.69 Å². The van der Waals surface area contributed by atoms with Crippen LogP contribution in [0.15, 0.2) is 53.3 Å². The Bertz CT molecular complexity index is 738. The van der Waals surface area contributed by atoms with Gasteiger partial charge in [-0.3, -0.25) is 9.59 Å². The Morgan fingerprint density at radius 1 is 1.12 bits per heavy atom. The molecular formula is C19H24N2O3. The van der Waals surface area contributed by atoms with E-state index in [1.54, 1.807) is 24.1 Å². The van der Waals surface area contributed by atoms with Crippen LogP contribution in [0, 0.1) is 5.92 Å². The lowest BCUT2D eigenvalue weighted by Gasteiger charge is -2.33. The van der Waals surface area contributed by atoms with E-state index in [0.29, 0.717) is 12.2 Å². The molecule has 128 valence electrons. The number of rotatable bonds is 6. The maximum Gasteiger partial charge on any atom is 0.271 e. The molecule has 0 unspecified atom stereocenters. The zero-order chi connectivity index (χ0) is 17.7. The van der Waals surface area contributed by atoms with E-state index in [1.165, 1.54) is 10.6 Å². The second-order valence-electron chi connectivity index (χ2n) is 6.22. The summed E-state index contributed by atoms with van der Waals surface area (Å²) in [6, 6.07) is 14.0. The van der Waals surface area contributed by atoms with Crippen LogP contribution < -0.4 is 5.56 Å². The van der Waals surface area contributed by atoms with Crippen LogP contribution in [0.4, 0.5) is 0 Å². The van der Waals surface area contributed by atoms with Crippen LogP contribution in [0.25, 0.3) is 0 Å². The summed E-state index contributed by atoms with van der Waals surface area (Å²) in [5.74, 6) is -0.171. The standard InChI is InChI=1S/C19H24N2O3/c1-14(2)17(13-22)21(12-15-8-5-4-6-9-15)19(24)16-10-7-11-18(23)20(16)3/h4-11,14,17,22H,12-13H2,1-3H3/t17-/m1/s1. The van der Waals surface area contributed by atoms with Crippen molar-refractivity contribution < 1.29 is 9.90 Å². The summed E-state index contributed by atoms with van der Waals surface area (Å²) >= 11 is 0. The van der Waals surface area contributed by atoms with Gasteiger partial charge < -0.3 is 14.6 Å². The van der Waals surface area contributed by atoms with Gasteiger partial charge in [-0.2, -0.15) is 0 Å². The number of aromatic nitrogens is 1. The number of hydrogen-bond donors (Lipinski definition) is 1. The van der Waals surface area contributed by atoms with Crippen molar-refractivity contribution in [3.63, 3.8) is 0 Å². The van der Waals surface area contributed by atoms with Crippen molar-refractivity contribution in [3.05, 3.63) is 70.1 Å². The smallest absolute Gasteiger partial charge is 0.271 e. The predicted octanol–water partition coefficient (Wildman–Crippen LogP) is 2.04. The first-order valence-electron chi connectivity index (χ1n) is 8.07. The Balaban J connectivity index is 2.42. The molecule has 5 heteroatoms. The van der Waals surface area contributed by atoms with Crippen molar-refractivity contribution in [2.75, 3.05) is 6.61 Å². The van der Waals surface area contributed by atoms with Crippen molar-refractivity contribution in [2.45, 2.75) is 26.4 Å². The fourth-order valence-electron chi connectivity index (χ4n) is 2.71. The van der Waals surface area contributed by atoms with E-state index in [2.05, 4.69) is 0 Å². The number of carbonyl (C=O) groups is 1. The van der Waals surface area contributed by atoms with Crippen molar-refractivity contribution in [2.24, 2.45) is 13.0 Å². The first kappa shape index (κ1) is 17.9. The Morgan fingerprint density at radius 2 is 1.79 bits per heavy atom. The lowest BCUT2D eigenvalue weighted by Crippen LogP contribution is -2.46. The molecule has 1 atom stereocenters. The van der Waals surface area contributed by atoms with Crippen molar-refractivity contribution in [1.82, 2.24) is 9.47 Å². The SMILES string of the molecule is CC(C)[C@@H](CO)N(Cc1ccccc1)C(=O)c1cccc(=O)n1C. The molecule has 0 radical (unpaired) electrons. The molecule has 1 amide bonds. The van der Waals surface area contributed by atoms with E-state index in [1.807, 2.05) is 44.2 Å². The molecule has 0 bridgehead atoms. The molecule has 0 fully saturated rings. The predicted molar refractivity (Wildman–Crippen MR) is 93.7 cm³/mol. The third kappa shape index (κ3) is 3.92. The van der Waals surface area contributed by atoms with Crippen LogP contribution in [0.5, 0.6) is 0 Å². The van der Waals surface area contributed by atoms with E-state index >= 15 is 0 Å². The fraction of sp³-hybridized carbons (Fsp3) is 0.368. The largest absolute Gasteiger partial charge is 0.394 e. The van der Waals surface area contributed by atoms with Gasteiger partial charge in [0.25, 0.3) is 11.5 Å². The summed E-state index contributed by atoms with van der Waals surface area (Å²) in [5.41, 5.74) is 1.06. The molecule has 0 spiro atoms. The number of aliphatic hydroxyl groups excluding tert-OH is 1. The van der Waals surface area contributed by atoms with Crippen molar-refractivity contribution in [3.8, 4) is 0 Å². The minimum absolute atomic E-state index is 0.0865. The number of nitrogens with zero attached hydrogens (tertiary/aromatic N) is 2. The number of pyridine rings is 1. The summed E-state index contributed by atoms with van der Waals surface area (Å²) in [4.78, 5) is 26.6. The summed E-state index contributed by atoms with van der Waals surface area (Å²) in [5, 5.41) is 9.80. The van der Waals surface area contributed by atoms with Gasteiger partial charge in [0, 0.05) is 19.7 Å². The molecule has 0 aliphatic rings. The number of hydrogen-bond acceptors (Lipinski definition) is 3. The molecule has 0 aliphatic heterocycles. The summed E-state index contributed by atoms with van der Waals surface area (Å²) in [6.45, 7) is 4.19. The Hall–Kier alpha value is -2.40. The average Bonchev–Trinajstić information content (AvgIpc) is 2.57. The van der Waals surface area contributed by atoms with Gasteiger partial charge in [0.2, 0.25) is 0 Å². The minimum Gasteiger partial charge on any atom is -0.394 e. The van der Waals surface area contributed by atoms with Gasteiger partial charge in [-0.15, -0.1) is 0 Å². The molecule has 1 heterocycles. The van der Waals surface area contributed by atoms with E-state index in [4.69, 9.17) is 0 Å². The third-order valence-electron chi connectivity index (χ3n) is 4.22. The lowest BCUT2D eigenvalue weighted by molar-refractivity contribution is 0.0471. The van der Waals surface area contributed by atoms with E-state index in [9.17, 15) is 14.7 Å². The van der Waals surface area contributed by atoms with Crippen molar-refractivity contribution in [1.29, 1.82) is 0 Å². The molecule has 0 aliphatic carbocycles. The van der Waals surface area contributed by atoms with Crippen LogP contribution >= 0.6 is 0 Å². The quantitative estimate of drug-likeness (QED) is 0.883. The van der Waals surface area contributed by atoms with Crippen LogP contribution in [0.2, 0.25) is 0 Å². The maximum atomic E-state index is 13.1. The highest BCUT2D eigenvalue weighted by Gasteiger charge is 2.28. The Morgan fingerprint density at radius 3 is 2.38 bits per heavy atom. The van der Waals surface area contributed by atoms with Gasteiger partial charge >= 0.3 is 0 Å². The average molecular weight is 328 g/mol. The molecule has 1 N–H and O–H groups in total. The highest BCUT2D eigenvalue weighted by molar-refractivity contribution is 5.92. The molecule has 0 saturated carbocycles. The van der Waals surface area contributed by atoms with E-state index in [0.717, 1.165) is 5.56 Å². The van der Waals surface area contributed by atoms with E-state index in [-0.39, 0.29) is 30.0 Å². The highest BCUT2D eigenvalue weighted by atomic mass is 16.3. The molecule has 5 nitrogen and oxygen atoms in total. The third-order valence-corrected chi connectivity index (χ3v) is 4.22. The number of benzene rings is 1. The zero-order valence-corrected chi connectivity index (χ0v) is 14.3. The normalized spacial score (nSPS) is 12.2. The topological polar surface area (TPSA) is 62.5 Å². The molecule has 2 aromatic rings. The number of carbonyl (C=O) groups excluding carboxylic acids is 1. The monoisotopic (exact) mass is 328 g/mol. The lowest BCUT2D eigenvalue weighted by atomic mass is 10.0. The molecule has 2 rings (SSSR count). The van der Waals surface area contributed by atoms with Gasteiger partial charge in [0.05, 0.1) is 12.6 Å². The van der Waals surface area contributed by atoms with Crippen LogP contribution in [-0.2, 0) is 13.6 Å². The molecule has 24 heavy (non-hydrogen) atoms. The molecule has 0 saturated heterocycles. The Labute approximate surface area is 142 Å². The zero-order valence-electron chi connectivity index (χ0n) is 14.3. The van der Waals surface area contributed by atoms with Crippen LogP contribution in [0.3, 0.4) is 0 Å². The molecule has 1 aromatic heterocycles. The maximum absolute atomic E-state index is 13.1. The summed E-state index contributed by atoms with van der Waals surface area (Å²) in [7, 11) is 1.58.